The van der Waals surface area contributed by atoms with Crippen molar-refractivity contribution in [1.82, 2.24) is 4.57 Å². The molecule has 0 fully saturated rings. The molecule has 2 bridgehead atoms. The fraction of sp³-hybridized carbons (Fsp3) is 0.429. The Hall–Kier alpha value is 0.0787. The zero-order valence-electron chi connectivity index (χ0n) is 6.10. The molecule has 0 atom stereocenters. The van der Waals surface area contributed by atoms with E-state index >= 15 is 0 Å². The van der Waals surface area contributed by atoms with Gasteiger partial charge in [0, 0.05) is 0 Å². The molecule has 0 aromatic carbocycles. The molecule has 1 aromatic heterocycles. The zero-order chi connectivity index (χ0) is 6.65. The first-order valence-electron chi connectivity index (χ1n) is 3.31. The van der Waals surface area contributed by atoms with Gasteiger partial charge in [-0.15, -0.1) is 0 Å². The van der Waals surface area contributed by atoms with Crippen LogP contribution in [-0.2, 0) is 7.05 Å². The van der Waals surface area contributed by atoms with Crippen LogP contribution < -0.4 is 7.42 Å². The van der Waals surface area contributed by atoms with E-state index in [1.54, 1.807) is 7.42 Å². The van der Waals surface area contributed by atoms with Crippen molar-refractivity contribution in [2.45, 2.75) is 9.88 Å². The molecule has 3 rings (SSSR count). The Morgan fingerprint density at radius 3 is 1.78 bits per heavy atom. The van der Waals surface area contributed by atoms with Crippen LogP contribution in [-0.4, -0.2) is 22.9 Å². The van der Waals surface area contributed by atoms with Crippen molar-refractivity contribution in [1.29, 1.82) is 0 Å². The number of aromatic nitrogens is 1. The summed E-state index contributed by atoms with van der Waals surface area (Å²) in [6.07, 6.45) is 0. The van der Waals surface area contributed by atoms with E-state index in [-0.39, 0.29) is 0 Å². The molecule has 0 saturated heterocycles. The van der Waals surface area contributed by atoms with Gasteiger partial charge in [0.25, 0.3) is 0 Å². The van der Waals surface area contributed by atoms with Crippen LogP contribution in [0.5, 0.6) is 0 Å². The first kappa shape index (κ1) is 5.83. The third-order valence-electron chi connectivity index (χ3n) is 2.40. The Labute approximate surface area is 59.6 Å². The SMILES string of the molecule is Cn1[c]2cc[c]1[Sn]2([CH3])[CH3]. The van der Waals surface area contributed by atoms with Crippen molar-refractivity contribution < 1.29 is 0 Å². The number of hydrogen-bond acceptors (Lipinski definition) is 0. The minimum atomic E-state index is -1.64. The zero-order valence-corrected chi connectivity index (χ0v) is 8.96. The Bertz CT molecular complexity index is 236. The second kappa shape index (κ2) is 1.39. The average Bonchev–Trinajstić information content (AvgIpc) is 2.23. The van der Waals surface area contributed by atoms with Gasteiger partial charge in [0.1, 0.15) is 0 Å². The van der Waals surface area contributed by atoms with E-state index in [1.165, 1.54) is 0 Å². The summed E-state index contributed by atoms with van der Waals surface area (Å²) in [6, 6.07) is 4.59. The summed E-state index contributed by atoms with van der Waals surface area (Å²) >= 11 is -1.64. The summed E-state index contributed by atoms with van der Waals surface area (Å²) < 4.78 is 5.68. The van der Waals surface area contributed by atoms with Crippen molar-refractivity contribution in [2.24, 2.45) is 7.05 Å². The third-order valence-corrected chi connectivity index (χ3v) is 12.6. The van der Waals surface area contributed by atoms with Gasteiger partial charge in [-0.3, -0.25) is 0 Å². The van der Waals surface area contributed by atoms with E-state index in [4.69, 9.17) is 0 Å². The first-order chi connectivity index (χ1) is 4.14. The Balaban J connectivity index is 2.67. The van der Waals surface area contributed by atoms with E-state index in [9.17, 15) is 0 Å². The van der Waals surface area contributed by atoms with Crippen LogP contribution in [0, 0.1) is 0 Å². The molecule has 1 nitrogen and oxygen atoms in total. The van der Waals surface area contributed by atoms with Crippen molar-refractivity contribution in [3.8, 4) is 0 Å². The number of hydrogen-bond donors (Lipinski definition) is 0. The van der Waals surface area contributed by atoms with Crippen LogP contribution in [0.1, 0.15) is 0 Å². The molecule has 0 aliphatic carbocycles. The van der Waals surface area contributed by atoms with E-state index in [0.29, 0.717) is 0 Å². The van der Waals surface area contributed by atoms with Crippen LogP contribution in [0.4, 0.5) is 0 Å². The van der Waals surface area contributed by atoms with Crippen LogP contribution in [0.3, 0.4) is 0 Å². The summed E-state index contributed by atoms with van der Waals surface area (Å²) in [7, 11) is 2.17. The summed E-state index contributed by atoms with van der Waals surface area (Å²) in [5, 5.41) is 0. The third kappa shape index (κ3) is 0.475. The maximum atomic E-state index is 2.47. The monoisotopic (exact) mass is 229 g/mol. The van der Waals surface area contributed by atoms with E-state index < -0.39 is 18.4 Å². The van der Waals surface area contributed by atoms with Gasteiger partial charge in [-0.1, -0.05) is 0 Å². The maximum absolute atomic E-state index is 2.47. The fourth-order valence-electron chi connectivity index (χ4n) is 1.84. The van der Waals surface area contributed by atoms with Gasteiger partial charge < -0.3 is 0 Å². The minimum absolute atomic E-state index is 1.64. The Morgan fingerprint density at radius 1 is 1.22 bits per heavy atom. The van der Waals surface area contributed by atoms with Gasteiger partial charge >= 0.3 is 59.4 Å². The fourth-order valence-corrected chi connectivity index (χ4v) is 10.5. The van der Waals surface area contributed by atoms with Crippen LogP contribution >= 0.6 is 0 Å². The predicted molar refractivity (Wildman–Crippen MR) is 42.2 cm³/mol. The number of rotatable bonds is 0. The number of nitrogens with zero attached hydrogens (tertiary/aromatic N) is 1. The van der Waals surface area contributed by atoms with Crippen molar-refractivity contribution >= 4 is 25.8 Å². The molecular weight excluding hydrogens is 217 g/mol. The van der Waals surface area contributed by atoms with E-state index in [0.717, 1.165) is 0 Å². The van der Waals surface area contributed by atoms with Crippen LogP contribution in [0.15, 0.2) is 12.1 Å². The molecule has 0 saturated carbocycles. The molecule has 0 amide bonds. The molecular formula is C7H11NSn. The molecule has 0 spiro atoms. The van der Waals surface area contributed by atoms with E-state index in [1.807, 2.05) is 0 Å². The summed E-state index contributed by atoms with van der Waals surface area (Å²) in [6.45, 7) is 0. The Kier molecular flexibility index (Phi) is 0.899. The van der Waals surface area contributed by atoms with E-state index in [2.05, 4.69) is 33.6 Å². The van der Waals surface area contributed by atoms with Crippen molar-refractivity contribution in [3.63, 3.8) is 0 Å². The molecule has 48 valence electrons. The van der Waals surface area contributed by atoms with Gasteiger partial charge in [0.05, 0.1) is 0 Å². The molecule has 9 heavy (non-hydrogen) atoms. The molecule has 0 radical (unpaired) electrons. The quantitative estimate of drug-likeness (QED) is 0.557. The predicted octanol–water partition coefficient (Wildman–Crippen LogP) is 0.161. The van der Waals surface area contributed by atoms with Crippen LogP contribution in [0.25, 0.3) is 0 Å². The molecule has 0 N–H and O–H groups in total. The first-order valence-corrected chi connectivity index (χ1v) is 11.9. The molecule has 2 aliphatic heterocycles. The standard InChI is InChI=1S/C5H5N.2CH3.Sn/c1-6-4-2-3-5-6;;;/h2-3H,1H3;2*1H3;. The summed E-state index contributed by atoms with van der Waals surface area (Å²) in [5.41, 5.74) is 0. The molecule has 2 heteroatoms. The van der Waals surface area contributed by atoms with Crippen molar-refractivity contribution in [3.05, 3.63) is 12.1 Å². The van der Waals surface area contributed by atoms with Gasteiger partial charge in [0.2, 0.25) is 0 Å². The van der Waals surface area contributed by atoms with Crippen LogP contribution in [0.2, 0.25) is 9.88 Å². The molecule has 0 unspecified atom stereocenters. The second-order valence-electron chi connectivity index (χ2n) is 3.29. The average molecular weight is 228 g/mol. The number of fused-ring (bicyclic) bond motifs is 1. The van der Waals surface area contributed by atoms with Gasteiger partial charge in [0.15, 0.2) is 0 Å². The topological polar surface area (TPSA) is 4.93 Å². The molecule has 1 aromatic rings. The second-order valence-corrected chi connectivity index (χ2v) is 15.5. The molecule has 2 aliphatic rings. The van der Waals surface area contributed by atoms with Gasteiger partial charge in [-0.05, 0) is 0 Å². The number of aryl methyl sites for hydroxylation is 1. The molecule has 3 heterocycles. The van der Waals surface area contributed by atoms with Gasteiger partial charge in [-0.2, -0.15) is 0 Å². The Morgan fingerprint density at radius 2 is 1.67 bits per heavy atom. The summed E-state index contributed by atoms with van der Waals surface area (Å²) in [5.74, 6) is 0. The normalized spacial score (nSPS) is 19.4. The van der Waals surface area contributed by atoms with Gasteiger partial charge in [-0.25, -0.2) is 0 Å². The summed E-state index contributed by atoms with van der Waals surface area (Å²) in [4.78, 5) is 4.94. The van der Waals surface area contributed by atoms with Crippen molar-refractivity contribution in [2.75, 3.05) is 0 Å².